The van der Waals surface area contributed by atoms with Gasteiger partial charge in [0.1, 0.15) is 11.2 Å². The first-order valence-electron chi connectivity index (χ1n) is 6.44. The molecule has 0 fully saturated rings. The van der Waals surface area contributed by atoms with Crippen molar-refractivity contribution in [3.8, 4) is 0 Å². The number of hydrogen-bond donors (Lipinski definition) is 0. The molecule has 0 radical (unpaired) electrons. The molecule has 0 spiro atoms. The second kappa shape index (κ2) is 3.49. The minimum absolute atomic E-state index is 1.01. The molecule has 0 atom stereocenters. The minimum Gasteiger partial charge on any atom is -0.456 e. The summed E-state index contributed by atoms with van der Waals surface area (Å²) in [6.45, 7) is 2.10. The highest BCUT2D eigenvalue weighted by Gasteiger charge is 2.14. The average molecular weight is 234 g/mol. The molecule has 1 nitrogen and oxygen atoms in total. The molecule has 1 aliphatic carbocycles. The second-order valence-electron chi connectivity index (χ2n) is 5.05. The Hall–Kier alpha value is -2.02. The third kappa shape index (κ3) is 1.28. The lowest BCUT2D eigenvalue weighted by Gasteiger charge is -2.09. The van der Waals surface area contributed by atoms with E-state index in [1.807, 2.05) is 0 Å². The van der Waals surface area contributed by atoms with Crippen molar-refractivity contribution in [1.82, 2.24) is 0 Å². The van der Waals surface area contributed by atoms with Gasteiger partial charge in [0.25, 0.3) is 0 Å². The molecule has 0 amide bonds. The predicted molar refractivity (Wildman–Crippen MR) is 75.8 cm³/mol. The van der Waals surface area contributed by atoms with Crippen molar-refractivity contribution in [2.24, 2.45) is 0 Å². The van der Waals surface area contributed by atoms with Crippen LogP contribution in [0.4, 0.5) is 0 Å². The van der Waals surface area contributed by atoms with Crippen LogP contribution < -0.4 is 0 Å². The molecule has 0 N–H and O–H groups in total. The summed E-state index contributed by atoms with van der Waals surface area (Å²) < 4.78 is 6.10. The first-order chi connectivity index (χ1) is 8.83. The van der Waals surface area contributed by atoms with Crippen LogP contribution in [0.2, 0.25) is 0 Å². The maximum absolute atomic E-state index is 6.10. The number of hydrogen-bond acceptors (Lipinski definition) is 1. The van der Waals surface area contributed by atoms with Crippen LogP contribution in [-0.4, -0.2) is 0 Å². The van der Waals surface area contributed by atoms with E-state index in [4.69, 9.17) is 4.42 Å². The SMILES string of the molecule is Cc1ccc2c(c1)oc1c3c(ccc12)C=CCC3. The molecule has 18 heavy (non-hydrogen) atoms. The summed E-state index contributed by atoms with van der Waals surface area (Å²) >= 11 is 0. The summed E-state index contributed by atoms with van der Waals surface area (Å²) in [5, 5.41) is 2.48. The van der Waals surface area contributed by atoms with Gasteiger partial charge in [-0.15, -0.1) is 0 Å². The van der Waals surface area contributed by atoms with Gasteiger partial charge in [0.05, 0.1) is 0 Å². The van der Waals surface area contributed by atoms with Gasteiger partial charge in [-0.2, -0.15) is 0 Å². The standard InChI is InChI=1S/C17H14O/c1-11-6-8-14-15-9-7-12-4-2-3-5-13(12)17(15)18-16(14)10-11/h2,4,6-10H,3,5H2,1H3. The van der Waals surface area contributed by atoms with Crippen LogP contribution in [0.5, 0.6) is 0 Å². The van der Waals surface area contributed by atoms with Crippen LogP contribution in [0, 0.1) is 6.92 Å². The zero-order valence-electron chi connectivity index (χ0n) is 10.4. The van der Waals surface area contributed by atoms with E-state index in [1.54, 1.807) is 0 Å². The molecular weight excluding hydrogens is 220 g/mol. The molecule has 1 heterocycles. The smallest absolute Gasteiger partial charge is 0.139 e. The topological polar surface area (TPSA) is 13.1 Å². The molecule has 1 aromatic heterocycles. The molecule has 0 aliphatic heterocycles. The molecule has 0 bridgehead atoms. The maximum Gasteiger partial charge on any atom is 0.139 e. The van der Waals surface area contributed by atoms with Crippen molar-refractivity contribution in [2.75, 3.05) is 0 Å². The summed E-state index contributed by atoms with van der Waals surface area (Å²) in [7, 11) is 0. The quantitative estimate of drug-likeness (QED) is 0.541. The van der Waals surface area contributed by atoms with E-state index < -0.39 is 0 Å². The molecule has 4 rings (SSSR count). The van der Waals surface area contributed by atoms with E-state index >= 15 is 0 Å². The molecule has 88 valence electrons. The van der Waals surface area contributed by atoms with Gasteiger partial charge in [-0.05, 0) is 43.0 Å². The van der Waals surface area contributed by atoms with E-state index in [2.05, 4.69) is 49.4 Å². The summed E-state index contributed by atoms with van der Waals surface area (Å²) in [5.41, 5.74) is 6.01. The average Bonchev–Trinajstić information content (AvgIpc) is 2.76. The van der Waals surface area contributed by atoms with Gasteiger partial charge in [0, 0.05) is 16.3 Å². The van der Waals surface area contributed by atoms with Crippen molar-refractivity contribution in [3.05, 3.63) is 53.1 Å². The largest absolute Gasteiger partial charge is 0.456 e. The summed E-state index contributed by atoms with van der Waals surface area (Å²) in [6, 6.07) is 10.8. The van der Waals surface area contributed by atoms with Crippen LogP contribution in [0.15, 0.2) is 40.8 Å². The van der Waals surface area contributed by atoms with E-state index in [1.165, 1.54) is 27.5 Å². The number of rotatable bonds is 0. The number of aryl methyl sites for hydroxylation is 2. The highest BCUT2D eigenvalue weighted by molar-refractivity contribution is 6.06. The Balaban J connectivity index is 2.17. The Bertz CT molecular complexity index is 790. The van der Waals surface area contributed by atoms with Crippen molar-refractivity contribution >= 4 is 28.0 Å². The van der Waals surface area contributed by atoms with Crippen LogP contribution in [0.1, 0.15) is 23.1 Å². The van der Waals surface area contributed by atoms with E-state index in [-0.39, 0.29) is 0 Å². The van der Waals surface area contributed by atoms with Gasteiger partial charge >= 0.3 is 0 Å². The molecular formula is C17H14O. The molecule has 1 heteroatoms. The monoisotopic (exact) mass is 234 g/mol. The lowest BCUT2D eigenvalue weighted by molar-refractivity contribution is 0.661. The van der Waals surface area contributed by atoms with Gasteiger partial charge in [-0.3, -0.25) is 0 Å². The Labute approximate surface area is 106 Å². The minimum atomic E-state index is 1.01. The third-order valence-electron chi connectivity index (χ3n) is 3.79. The van der Waals surface area contributed by atoms with Gasteiger partial charge in [0.15, 0.2) is 0 Å². The number of fused-ring (bicyclic) bond motifs is 5. The fourth-order valence-corrected chi connectivity index (χ4v) is 2.87. The number of furan rings is 1. The lowest BCUT2D eigenvalue weighted by Crippen LogP contribution is -1.93. The normalized spacial score (nSPS) is 14.3. The molecule has 1 aliphatic rings. The zero-order chi connectivity index (χ0) is 12.1. The van der Waals surface area contributed by atoms with Crippen molar-refractivity contribution < 1.29 is 4.42 Å². The second-order valence-corrected chi connectivity index (χ2v) is 5.05. The fourth-order valence-electron chi connectivity index (χ4n) is 2.87. The summed E-state index contributed by atoms with van der Waals surface area (Å²) in [6.07, 6.45) is 6.64. The van der Waals surface area contributed by atoms with E-state index in [0.29, 0.717) is 0 Å². The first kappa shape index (κ1) is 9.95. The highest BCUT2D eigenvalue weighted by Crippen LogP contribution is 2.35. The molecule has 0 saturated carbocycles. The summed E-state index contributed by atoms with van der Waals surface area (Å²) in [4.78, 5) is 0. The van der Waals surface area contributed by atoms with Gasteiger partial charge in [0.2, 0.25) is 0 Å². The lowest BCUT2D eigenvalue weighted by atomic mass is 9.95. The number of benzene rings is 2. The number of allylic oxidation sites excluding steroid dienone is 1. The van der Waals surface area contributed by atoms with Crippen molar-refractivity contribution in [2.45, 2.75) is 19.8 Å². The first-order valence-corrected chi connectivity index (χ1v) is 6.44. The van der Waals surface area contributed by atoms with Crippen molar-refractivity contribution in [1.29, 1.82) is 0 Å². The Kier molecular flexibility index (Phi) is 1.93. The zero-order valence-corrected chi connectivity index (χ0v) is 10.4. The Morgan fingerprint density at radius 3 is 2.89 bits per heavy atom. The van der Waals surface area contributed by atoms with E-state index in [0.717, 1.165) is 24.0 Å². The Morgan fingerprint density at radius 2 is 1.94 bits per heavy atom. The van der Waals surface area contributed by atoms with Crippen LogP contribution in [0.3, 0.4) is 0 Å². The summed E-state index contributed by atoms with van der Waals surface area (Å²) in [5.74, 6) is 0. The fraction of sp³-hybridized carbons (Fsp3) is 0.176. The predicted octanol–water partition coefficient (Wildman–Crippen LogP) is 4.85. The molecule has 0 saturated heterocycles. The third-order valence-corrected chi connectivity index (χ3v) is 3.79. The highest BCUT2D eigenvalue weighted by atomic mass is 16.3. The molecule has 0 unspecified atom stereocenters. The van der Waals surface area contributed by atoms with Crippen LogP contribution >= 0.6 is 0 Å². The Morgan fingerprint density at radius 1 is 1.06 bits per heavy atom. The van der Waals surface area contributed by atoms with Gasteiger partial charge < -0.3 is 4.42 Å². The van der Waals surface area contributed by atoms with E-state index in [9.17, 15) is 0 Å². The van der Waals surface area contributed by atoms with Gasteiger partial charge in [-0.25, -0.2) is 0 Å². The maximum atomic E-state index is 6.10. The van der Waals surface area contributed by atoms with Gasteiger partial charge in [-0.1, -0.05) is 30.4 Å². The molecule has 3 aromatic rings. The molecule has 2 aromatic carbocycles. The van der Waals surface area contributed by atoms with Crippen molar-refractivity contribution in [3.63, 3.8) is 0 Å². The van der Waals surface area contributed by atoms with Crippen LogP contribution in [0.25, 0.3) is 28.0 Å². The van der Waals surface area contributed by atoms with Crippen LogP contribution in [-0.2, 0) is 6.42 Å².